The molecule has 1 unspecified atom stereocenters. The molecule has 3 rings (SSSR count). The Morgan fingerprint density at radius 1 is 1.09 bits per heavy atom. The highest BCUT2D eigenvalue weighted by atomic mass is 35.5. The molecule has 0 bridgehead atoms. The van der Waals surface area contributed by atoms with E-state index in [2.05, 4.69) is 0 Å². The van der Waals surface area contributed by atoms with Crippen LogP contribution in [0, 0.1) is 0 Å². The summed E-state index contributed by atoms with van der Waals surface area (Å²) in [6, 6.07) is 16.5. The molecule has 23 heavy (non-hydrogen) atoms. The zero-order valence-electron chi connectivity index (χ0n) is 12.4. The SMILES string of the molecule is O=C(Cc1ccc(Cl)cc1)N1C(=O)OCC1Cc1ccccc1. The summed E-state index contributed by atoms with van der Waals surface area (Å²) in [7, 11) is 0. The monoisotopic (exact) mass is 329 g/mol. The molecule has 0 N–H and O–H groups in total. The molecule has 1 heterocycles. The van der Waals surface area contributed by atoms with Crippen molar-refractivity contribution in [3.63, 3.8) is 0 Å². The minimum Gasteiger partial charge on any atom is -0.447 e. The zero-order valence-corrected chi connectivity index (χ0v) is 13.2. The maximum Gasteiger partial charge on any atom is 0.416 e. The van der Waals surface area contributed by atoms with Crippen LogP contribution in [-0.4, -0.2) is 29.5 Å². The van der Waals surface area contributed by atoms with E-state index in [4.69, 9.17) is 16.3 Å². The van der Waals surface area contributed by atoms with Crippen molar-refractivity contribution in [1.82, 2.24) is 4.90 Å². The number of carbonyl (C=O) groups excluding carboxylic acids is 2. The molecule has 1 saturated heterocycles. The third-order valence-electron chi connectivity index (χ3n) is 3.81. The zero-order chi connectivity index (χ0) is 16.2. The fourth-order valence-corrected chi connectivity index (χ4v) is 2.79. The van der Waals surface area contributed by atoms with Gasteiger partial charge in [-0.05, 0) is 29.7 Å². The van der Waals surface area contributed by atoms with Gasteiger partial charge in [-0.2, -0.15) is 0 Å². The van der Waals surface area contributed by atoms with Gasteiger partial charge in [0.2, 0.25) is 5.91 Å². The van der Waals surface area contributed by atoms with Crippen LogP contribution in [0.1, 0.15) is 11.1 Å². The van der Waals surface area contributed by atoms with Crippen molar-refractivity contribution in [1.29, 1.82) is 0 Å². The van der Waals surface area contributed by atoms with E-state index in [1.54, 1.807) is 24.3 Å². The number of nitrogens with zero attached hydrogens (tertiary/aromatic N) is 1. The molecular weight excluding hydrogens is 314 g/mol. The van der Waals surface area contributed by atoms with E-state index in [0.29, 0.717) is 11.4 Å². The molecule has 4 nitrogen and oxygen atoms in total. The number of carbonyl (C=O) groups is 2. The van der Waals surface area contributed by atoms with Crippen molar-refractivity contribution in [2.75, 3.05) is 6.61 Å². The molecule has 2 aromatic rings. The summed E-state index contributed by atoms with van der Waals surface area (Å²) in [4.78, 5) is 25.7. The summed E-state index contributed by atoms with van der Waals surface area (Å²) < 4.78 is 5.07. The second-order valence-electron chi connectivity index (χ2n) is 5.49. The van der Waals surface area contributed by atoms with Gasteiger partial charge in [0, 0.05) is 5.02 Å². The highest BCUT2D eigenvalue weighted by Gasteiger charge is 2.37. The van der Waals surface area contributed by atoms with Crippen LogP contribution < -0.4 is 0 Å². The lowest BCUT2D eigenvalue weighted by atomic mass is 10.0. The van der Waals surface area contributed by atoms with Gasteiger partial charge in [0.05, 0.1) is 12.5 Å². The second kappa shape index (κ2) is 6.84. The Bertz CT molecular complexity index is 700. The summed E-state index contributed by atoms with van der Waals surface area (Å²) in [5.74, 6) is -0.254. The summed E-state index contributed by atoms with van der Waals surface area (Å²) in [5, 5.41) is 0.615. The first-order valence-corrected chi connectivity index (χ1v) is 7.78. The van der Waals surface area contributed by atoms with Crippen molar-refractivity contribution >= 4 is 23.6 Å². The van der Waals surface area contributed by atoms with Gasteiger partial charge in [0.25, 0.3) is 0 Å². The first kappa shape index (κ1) is 15.6. The van der Waals surface area contributed by atoms with E-state index in [1.165, 1.54) is 4.90 Å². The standard InChI is InChI=1S/C18H16ClNO3/c19-15-8-6-14(7-9-15)11-17(21)20-16(12-23-18(20)22)10-13-4-2-1-3-5-13/h1-9,16H,10-12H2. The van der Waals surface area contributed by atoms with E-state index in [-0.39, 0.29) is 25.0 Å². The second-order valence-corrected chi connectivity index (χ2v) is 5.92. The van der Waals surface area contributed by atoms with E-state index in [1.807, 2.05) is 30.3 Å². The van der Waals surface area contributed by atoms with Gasteiger partial charge in [0.15, 0.2) is 0 Å². The summed E-state index contributed by atoms with van der Waals surface area (Å²) in [6.45, 7) is 0.236. The number of halogens is 1. The molecular formula is C18H16ClNO3. The molecule has 1 aliphatic rings. The van der Waals surface area contributed by atoms with E-state index in [0.717, 1.165) is 11.1 Å². The van der Waals surface area contributed by atoms with Crippen molar-refractivity contribution < 1.29 is 14.3 Å². The fourth-order valence-electron chi connectivity index (χ4n) is 2.66. The molecule has 2 amide bonds. The normalized spacial score (nSPS) is 17.2. The molecule has 0 radical (unpaired) electrons. The predicted octanol–water partition coefficient (Wildman–Crippen LogP) is 3.47. The Morgan fingerprint density at radius 3 is 2.48 bits per heavy atom. The highest BCUT2D eigenvalue weighted by molar-refractivity contribution is 6.30. The number of cyclic esters (lactones) is 1. The lowest BCUT2D eigenvalue weighted by Gasteiger charge is -2.19. The predicted molar refractivity (Wildman–Crippen MR) is 87.3 cm³/mol. The van der Waals surface area contributed by atoms with Crippen molar-refractivity contribution in [2.45, 2.75) is 18.9 Å². The van der Waals surface area contributed by atoms with Crippen molar-refractivity contribution in [3.05, 3.63) is 70.7 Å². The molecule has 0 saturated carbocycles. The molecule has 5 heteroatoms. The summed E-state index contributed by atoms with van der Waals surface area (Å²) >= 11 is 5.84. The van der Waals surface area contributed by atoms with Crippen LogP contribution in [0.25, 0.3) is 0 Å². The summed E-state index contributed by atoms with van der Waals surface area (Å²) in [5.41, 5.74) is 1.89. The topological polar surface area (TPSA) is 46.6 Å². The molecule has 0 aromatic heterocycles. The minimum absolute atomic E-state index is 0.150. The number of imide groups is 1. The molecule has 1 atom stereocenters. The number of amides is 2. The fraction of sp³-hybridized carbons (Fsp3) is 0.222. The molecule has 1 fully saturated rings. The Balaban J connectivity index is 1.71. The van der Waals surface area contributed by atoms with Crippen molar-refractivity contribution in [2.24, 2.45) is 0 Å². The number of ether oxygens (including phenoxy) is 1. The maximum atomic E-state index is 12.5. The molecule has 0 spiro atoms. The molecule has 118 valence electrons. The van der Waals surface area contributed by atoms with Crippen LogP contribution in [0.4, 0.5) is 4.79 Å². The van der Waals surface area contributed by atoms with Gasteiger partial charge in [0.1, 0.15) is 6.61 Å². The largest absolute Gasteiger partial charge is 0.447 e. The lowest BCUT2D eigenvalue weighted by molar-refractivity contribution is -0.128. The van der Waals surface area contributed by atoms with Crippen LogP contribution in [0.2, 0.25) is 5.02 Å². The first-order chi connectivity index (χ1) is 11.1. The Hall–Kier alpha value is -2.33. The van der Waals surface area contributed by atoms with Gasteiger partial charge in [-0.1, -0.05) is 54.1 Å². The average Bonchev–Trinajstić information content (AvgIpc) is 2.91. The number of benzene rings is 2. The smallest absolute Gasteiger partial charge is 0.416 e. The Kier molecular flexibility index (Phi) is 4.63. The van der Waals surface area contributed by atoms with Crippen LogP contribution in [0.3, 0.4) is 0 Å². The van der Waals surface area contributed by atoms with Crippen LogP contribution in [-0.2, 0) is 22.4 Å². The van der Waals surface area contributed by atoms with Crippen LogP contribution >= 0.6 is 11.6 Å². The highest BCUT2D eigenvalue weighted by Crippen LogP contribution is 2.19. The third kappa shape index (κ3) is 3.71. The van der Waals surface area contributed by atoms with E-state index in [9.17, 15) is 9.59 Å². The molecule has 0 aliphatic carbocycles. The third-order valence-corrected chi connectivity index (χ3v) is 4.06. The maximum absolute atomic E-state index is 12.5. The lowest BCUT2D eigenvalue weighted by Crippen LogP contribution is -2.41. The van der Waals surface area contributed by atoms with Crippen LogP contribution in [0.15, 0.2) is 54.6 Å². The first-order valence-electron chi connectivity index (χ1n) is 7.40. The van der Waals surface area contributed by atoms with Gasteiger partial charge in [-0.15, -0.1) is 0 Å². The number of rotatable bonds is 4. The number of hydrogen-bond acceptors (Lipinski definition) is 3. The van der Waals surface area contributed by atoms with Crippen molar-refractivity contribution in [3.8, 4) is 0 Å². The Morgan fingerprint density at radius 2 is 1.78 bits per heavy atom. The Labute approximate surface area is 139 Å². The summed E-state index contributed by atoms with van der Waals surface area (Å²) in [6.07, 6.45) is 0.182. The molecule has 1 aliphatic heterocycles. The number of hydrogen-bond donors (Lipinski definition) is 0. The van der Waals surface area contributed by atoms with Gasteiger partial charge in [-0.25, -0.2) is 9.69 Å². The van der Waals surface area contributed by atoms with Crippen LogP contribution in [0.5, 0.6) is 0 Å². The van der Waals surface area contributed by atoms with Gasteiger partial charge < -0.3 is 4.74 Å². The van der Waals surface area contributed by atoms with Gasteiger partial charge >= 0.3 is 6.09 Å². The average molecular weight is 330 g/mol. The quantitative estimate of drug-likeness (QED) is 0.862. The minimum atomic E-state index is -0.565. The van der Waals surface area contributed by atoms with Gasteiger partial charge in [-0.3, -0.25) is 4.79 Å². The van der Waals surface area contributed by atoms with E-state index >= 15 is 0 Å². The van der Waals surface area contributed by atoms with E-state index < -0.39 is 6.09 Å². The molecule has 2 aromatic carbocycles.